The number of hydrogen-bond donors (Lipinski definition) is 0. The van der Waals surface area contributed by atoms with Crippen molar-refractivity contribution in [2.45, 2.75) is 38.6 Å². The Hall–Kier alpha value is -1.42. The Balaban J connectivity index is 1.92. The van der Waals surface area contributed by atoms with Crippen LogP contribution < -0.4 is 4.74 Å². The number of nitrogens with zero attached hydrogens (tertiary/aromatic N) is 1. The summed E-state index contributed by atoms with van der Waals surface area (Å²) in [6.07, 6.45) is 4.15. The van der Waals surface area contributed by atoms with Crippen molar-refractivity contribution >= 4 is 5.78 Å². The second kappa shape index (κ2) is 7.39. The van der Waals surface area contributed by atoms with Crippen LogP contribution in [0.4, 0.5) is 4.39 Å². The number of ether oxygens (including phenoxy) is 1. The fourth-order valence-corrected chi connectivity index (χ4v) is 2.63. The van der Waals surface area contributed by atoms with Crippen LogP contribution in [0, 0.1) is 5.82 Å². The maximum absolute atomic E-state index is 12.8. The van der Waals surface area contributed by atoms with Gasteiger partial charge in [0, 0.05) is 6.42 Å². The Bertz CT molecular complexity index is 427. The number of halogens is 1. The van der Waals surface area contributed by atoms with Gasteiger partial charge < -0.3 is 4.74 Å². The molecule has 3 nitrogen and oxygen atoms in total. The van der Waals surface area contributed by atoms with Gasteiger partial charge in [-0.3, -0.25) is 9.69 Å². The van der Waals surface area contributed by atoms with Crippen LogP contribution >= 0.6 is 0 Å². The monoisotopic (exact) mass is 279 g/mol. The standard InChI is InChI=1S/C16H22FNO2/c1-13(19)11-15(18-9-3-2-4-10-18)12-20-16-7-5-14(17)6-8-16/h5-8,15H,2-4,9-12H2,1H3. The molecule has 0 bridgehead atoms. The molecule has 1 atom stereocenters. The summed E-state index contributed by atoms with van der Waals surface area (Å²) in [4.78, 5) is 13.8. The van der Waals surface area contributed by atoms with Crippen molar-refractivity contribution < 1.29 is 13.9 Å². The molecule has 1 aliphatic rings. The molecule has 0 radical (unpaired) electrons. The van der Waals surface area contributed by atoms with Crippen LogP contribution in [-0.4, -0.2) is 36.4 Å². The van der Waals surface area contributed by atoms with E-state index in [0.29, 0.717) is 18.8 Å². The second-order valence-corrected chi connectivity index (χ2v) is 5.42. The first-order chi connectivity index (χ1) is 9.65. The highest BCUT2D eigenvalue weighted by atomic mass is 19.1. The SMILES string of the molecule is CC(=O)CC(COc1ccc(F)cc1)N1CCCCC1. The van der Waals surface area contributed by atoms with E-state index in [1.54, 1.807) is 19.1 Å². The highest BCUT2D eigenvalue weighted by Gasteiger charge is 2.22. The zero-order valence-corrected chi connectivity index (χ0v) is 12.0. The van der Waals surface area contributed by atoms with Gasteiger partial charge in [0.15, 0.2) is 0 Å². The molecule has 110 valence electrons. The highest BCUT2D eigenvalue weighted by Crippen LogP contribution is 2.17. The quantitative estimate of drug-likeness (QED) is 0.801. The van der Waals surface area contributed by atoms with Crippen molar-refractivity contribution in [2.24, 2.45) is 0 Å². The predicted molar refractivity (Wildman–Crippen MR) is 76.4 cm³/mol. The van der Waals surface area contributed by atoms with E-state index >= 15 is 0 Å². The Morgan fingerprint density at radius 2 is 1.90 bits per heavy atom. The molecule has 1 saturated heterocycles. The van der Waals surface area contributed by atoms with E-state index in [0.717, 1.165) is 13.1 Å². The van der Waals surface area contributed by atoms with Crippen molar-refractivity contribution in [1.29, 1.82) is 0 Å². The predicted octanol–water partition coefficient (Wildman–Crippen LogP) is 3.04. The third-order valence-corrected chi connectivity index (χ3v) is 3.69. The maximum atomic E-state index is 12.8. The summed E-state index contributed by atoms with van der Waals surface area (Å²) in [6.45, 7) is 4.16. The fourth-order valence-electron chi connectivity index (χ4n) is 2.63. The molecule has 0 aromatic heterocycles. The third-order valence-electron chi connectivity index (χ3n) is 3.69. The molecule has 0 saturated carbocycles. The molecule has 20 heavy (non-hydrogen) atoms. The number of ketones is 1. The summed E-state index contributed by atoms with van der Waals surface area (Å²) in [7, 11) is 0. The summed E-state index contributed by atoms with van der Waals surface area (Å²) >= 11 is 0. The van der Waals surface area contributed by atoms with Crippen molar-refractivity contribution in [3.63, 3.8) is 0 Å². The van der Waals surface area contributed by atoms with Gasteiger partial charge in [-0.15, -0.1) is 0 Å². The van der Waals surface area contributed by atoms with Crippen LogP contribution in [-0.2, 0) is 4.79 Å². The molecular formula is C16H22FNO2. The summed E-state index contributed by atoms with van der Waals surface area (Å²) < 4.78 is 18.6. The van der Waals surface area contributed by atoms with Gasteiger partial charge >= 0.3 is 0 Å². The normalized spacial score (nSPS) is 17.7. The maximum Gasteiger partial charge on any atom is 0.131 e. The molecule has 1 aromatic rings. The van der Waals surface area contributed by atoms with Crippen molar-refractivity contribution in [3.8, 4) is 5.75 Å². The first kappa shape index (κ1) is 15.0. The van der Waals surface area contributed by atoms with E-state index in [-0.39, 0.29) is 17.6 Å². The number of carbonyl (C=O) groups is 1. The molecule has 0 spiro atoms. The van der Waals surface area contributed by atoms with Gasteiger partial charge in [-0.1, -0.05) is 6.42 Å². The minimum Gasteiger partial charge on any atom is -0.492 e. The minimum atomic E-state index is -0.270. The van der Waals surface area contributed by atoms with Crippen LogP contribution in [0.1, 0.15) is 32.6 Å². The lowest BCUT2D eigenvalue weighted by atomic mass is 10.1. The molecule has 4 heteroatoms. The van der Waals surface area contributed by atoms with Gasteiger partial charge in [-0.05, 0) is 57.1 Å². The molecule has 0 aliphatic carbocycles. The lowest BCUT2D eigenvalue weighted by molar-refractivity contribution is -0.118. The first-order valence-electron chi connectivity index (χ1n) is 7.27. The van der Waals surface area contributed by atoms with Gasteiger partial charge in [0.05, 0.1) is 6.04 Å². The van der Waals surface area contributed by atoms with Crippen LogP contribution in [0.25, 0.3) is 0 Å². The van der Waals surface area contributed by atoms with Gasteiger partial charge in [0.1, 0.15) is 24.0 Å². The second-order valence-electron chi connectivity index (χ2n) is 5.42. The number of benzene rings is 1. The van der Waals surface area contributed by atoms with E-state index in [1.807, 2.05) is 0 Å². The Morgan fingerprint density at radius 3 is 2.50 bits per heavy atom. The van der Waals surface area contributed by atoms with E-state index in [4.69, 9.17) is 4.74 Å². The number of hydrogen-bond acceptors (Lipinski definition) is 3. The molecule has 1 heterocycles. The van der Waals surface area contributed by atoms with E-state index < -0.39 is 0 Å². The van der Waals surface area contributed by atoms with Crippen LogP contribution in [0.2, 0.25) is 0 Å². The van der Waals surface area contributed by atoms with Gasteiger partial charge in [0.2, 0.25) is 0 Å². The number of Topliss-reactive ketones (excluding diaryl/α,β-unsaturated/α-hetero) is 1. The Labute approximate surface area is 119 Å². The first-order valence-corrected chi connectivity index (χ1v) is 7.27. The van der Waals surface area contributed by atoms with Crippen molar-refractivity contribution in [3.05, 3.63) is 30.1 Å². The average Bonchev–Trinajstić information content (AvgIpc) is 2.46. The van der Waals surface area contributed by atoms with Gasteiger partial charge in [-0.25, -0.2) is 4.39 Å². The lowest BCUT2D eigenvalue weighted by Crippen LogP contribution is -2.43. The van der Waals surface area contributed by atoms with Crippen LogP contribution in [0.5, 0.6) is 5.75 Å². The molecule has 0 N–H and O–H groups in total. The van der Waals surface area contributed by atoms with E-state index in [1.165, 1.54) is 31.4 Å². The number of carbonyl (C=O) groups excluding carboxylic acids is 1. The Morgan fingerprint density at radius 1 is 1.25 bits per heavy atom. The lowest BCUT2D eigenvalue weighted by Gasteiger charge is -2.34. The molecule has 2 rings (SSSR count). The smallest absolute Gasteiger partial charge is 0.131 e. The molecule has 1 unspecified atom stereocenters. The number of rotatable bonds is 6. The summed E-state index contributed by atoms with van der Waals surface area (Å²) in [5, 5.41) is 0. The number of likely N-dealkylation sites (tertiary alicyclic amines) is 1. The Kier molecular flexibility index (Phi) is 5.53. The van der Waals surface area contributed by atoms with Crippen molar-refractivity contribution in [2.75, 3.05) is 19.7 Å². The van der Waals surface area contributed by atoms with Gasteiger partial charge in [0.25, 0.3) is 0 Å². The van der Waals surface area contributed by atoms with Gasteiger partial charge in [-0.2, -0.15) is 0 Å². The van der Waals surface area contributed by atoms with Crippen molar-refractivity contribution in [1.82, 2.24) is 4.90 Å². The highest BCUT2D eigenvalue weighted by molar-refractivity contribution is 5.76. The topological polar surface area (TPSA) is 29.5 Å². The molecule has 0 amide bonds. The zero-order valence-electron chi connectivity index (χ0n) is 12.0. The van der Waals surface area contributed by atoms with E-state index in [2.05, 4.69) is 4.90 Å². The largest absolute Gasteiger partial charge is 0.492 e. The average molecular weight is 279 g/mol. The molecule has 1 aromatic carbocycles. The zero-order chi connectivity index (χ0) is 14.4. The summed E-state index contributed by atoms with van der Waals surface area (Å²) in [5.41, 5.74) is 0. The summed E-state index contributed by atoms with van der Waals surface area (Å²) in [6, 6.07) is 6.14. The van der Waals surface area contributed by atoms with Crippen LogP contribution in [0.15, 0.2) is 24.3 Å². The number of piperidine rings is 1. The van der Waals surface area contributed by atoms with E-state index in [9.17, 15) is 9.18 Å². The fraction of sp³-hybridized carbons (Fsp3) is 0.562. The van der Waals surface area contributed by atoms with Crippen LogP contribution in [0.3, 0.4) is 0 Å². The minimum absolute atomic E-state index is 0.123. The third kappa shape index (κ3) is 4.60. The molecule has 1 fully saturated rings. The molecule has 1 aliphatic heterocycles. The summed E-state index contributed by atoms with van der Waals surface area (Å²) in [5.74, 6) is 0.564. The molecular weight excluding hydrogens is 257 g/mol.